The number of aryl methyl sites for hydroxylation is 1. The van der Waals surface area contributed by atoms with E-state index >= 15 is 0 Å². The topological polar surface area (TPSA) is 61.9 Å². The van der Waals surface area contributed by atoms with Crippen LogP contribution in [0.25, 0.3) is 16.6 Å². The fourth-order valence-electron chi connectivity index (χ4n) is 3.10. The predicted molar refractivity (Wildman–Crippen MR) is 93.6 cm³/mol. The van der Waals surface area contributed by atoms with Gasteiger partial charge in [-0.2, -0.15) is 0 Å². The first kappa shape index (κ1) is 14.6. The zero-order valence-electron chi connectivity index (χ0n) is 13.5. The summed E-state index contributed by atoms with van der Waals surface area (Å²) in [7, 11) is 0. The maximum atomic E-state index is 12.6. The van der Waals surface area contributed by atoms with Crippen molar-refractivity contribution in [3.63, 3.8) is 0 Å². The molecule has 3 aromatic rings. The summed E-state index contributed by atoms with van der Waals surface area (Å²) in [6.45, 7) is 3.25. The Labute approximate surface area is 140 Å². The van der Waals surface area contributed by atoms with Crippen LogP contribution in [0.5, 0.6) is 0 Å². The van der Waals surface area contributed by atoms with E-state index in [9.17, 15) is 4.79 Å². The van der Waals surface area contributed by atoms with Crippen molar-refractivity contribution in [2.45, 2.75) is 13.3 Å². The van der Waals surface area contributed by atoms with Crippen LogP contribution in [0.4, 0.5) is 0 Å². The molecular formula is C19H18N4O. The third-order valence-corrected chi connectivity index (χ3v) is 4.45. The number of aromatic nitrogens is 3. The molecule has 1 N–H and O–H groups in total. The molecule has 4 heterocycles. The highest BCUT2D eigenvalue weighted by molar-refractivity contribution is 5.95. The van der Waals surface area contributed by atoms with Crippen molar-refractivity contribution in [1.29, 1.82) is 0 Å². The van der Waals surface area contributed by atoms with E-state index in [1.807, 2.05) is 36.2 Å². The maximum Gasteiger partial charge on any atom is 0.255 e. The molecule has 4 rings (SSSR count). The van der Waals surface area contributed by atoms with Gasteiger partial charge in [0.1, 0.15) is 5.65 Å². The van der Waals surface area contributed by atoms with Crippen LogP contribution in [0.1, 0.15) is 28.0 Å². The number of carbonyl (C=O) groups excluding carboxylic acids is 1. The van der Waals surface area contributed by atoms with Crippen LogP contribution in [0.15, 0.2) is 48.9 Å². The van der Waals surface area contributed by atoms with E-state index < -0.39 is 0 Å². The van der Waals surface area contributed by atoms with Gasteiger partial charge in [0, 0.05) is 48.3 Å². The van der Waals surface area contributed by atoms with E-state index in [2.05, 4.69) is 27.1 Å². The van der Waals surface area contributed by atoms with Gasteiger partial charge in [0.15, 0.2) is 0 Å². The molecule has 1 aliphatic rings. The molecule has 1 amide bonds. The number of rotatable bonds is 2. The smallest absolute Gasteiger partial charge is 0.255 e. The van der Waals surface area contributed by atoms with Gasteiger partial charge in [-0.25, -0.2) is 4.98 Å². The Kier molecular flexibility index (Phi) is 3.61. The first-order chi connectivity index (χ1) is 11.7. The van der Waals surface area contributed by atoms with Gasteiger partial charge < -0.3 is 9.88 Å². The summed E-state index contributed by atoms with van der Waals surface area (Å²) in [6, 6.07) is 7.74. The molecule has 0 bridgehead atoms. The molecule has 5 heteroatoms. The first-order valence-electron chi connectivity index (χ1n) is 8.06. The Morgan fingerprint density at radius 3 is 2.92 bits per heavy atom. The largest absolute Gasteiger partial charge is 0.346 e. The normalized spacial score (nSPS) is 14.7. The fraction of sp³-hybridized carbons (Fsp3) is 0.211. The van der Waals surface area contributed by atoms with Crippen molar-refractivity contribution in [3.05, 3.63) is 65.8 Å². The highest BCUT2D eigenvalue weighted by Crippen LogP contribution is 2.28. The zero-order valence-corrected chi connectivity index (χ0v) is 13.5. The Morgan fingerprint density at radius 2 is 2.17 bits per heavy atom. The molecule has 5 nitrogen and oxygen atoms in total. The summed E-state index contributed by atoms with van der Waals surface area (Å²) < 4.78 is 0. The SMILES string of the molecule is Cc1ccc(C(=O)N2CC=C(c3c[nH]c4ncccc34)CC2)cn1. The molecular weight excluding hydrogens is 300 g/mol. The average Bonchev–Trinajstić information content (AvgIpc) is 3.06. The molecule has 0 aliphatic carbocycles. The molecule has 1 aliphatic heterocycles. The van der Waals surface area contributed by atoms with Crippen molar-refractivity contribution in [2.75, 3.05) is 13.1 Å². The van der Waals surface area contributed by atoms with Crippen molar-refractivity contribution >= 4 is 22.5 Å². The summed E-state index contributed by atoms with van der Waals surface area (Å²) in [5, 5.41) is 1.13. The monoisotopic (exact) mass is 318 g/mol. The highest BCUT2D eigenvalue weighted by Gasteiger charge is 2.20. The second-order valence-corrected chi connectivity index (χ2v) is 6.02. The first-order valence-corrected chi connectivity index (χ1v) is 8.06. The van der Waals surface area contributed by atoms with Gasteiger partial charge in [-0.3, -0.25) is 9.78 Å². The molecule has 24 heavy (non-hydrogen) atoms. The van der Waals surface area contributed by atoms with E-state index in [1.54, 1.807) is 12.4 Å². The average molecular weight is 318 g/mol. The van der Waals surface area contributed by atoms with Gasteiger partial charge in [-0.15, -0.1) is 0 Å². The molecule has 0 saturated carbocycles. The van der Waals surface area contributed by atoms with E-state index in [4.69, 9.17) is 0 Å². The number of nitrogens with one attached hydrogen (secondary N) is 1. The van der Waals surface area contributed by atoms with Crippen LogP contribution in [0.2, 0.25) is 0 Å². The Hall–Kier alpha value is -2.95. The number of carbonyl (C=O) groups is 1. The number of amides is 1. The summed E-state index contributed by atoms with van der Waals surface area (Å²) in [4.78, 5) is 26.2. The van der Waals surface area contributed by atoms with Gasteiger partial charge in [-0.1, -0.05) is 6.08 Å². The summed E-state index contributed by atoms with van der Waals surface area (Å²) in [5.41, 5.74) is 4.91. The number of pyridine rings is 2. The van der Waals surface area contributed by atoms with Gasteiger partial charge >= 0.3 is 0 Å². The van der Waals surface area contributed by atoms with Crippen molar-refractivity contribution in [2.24, 2.45) is 0 Å². The number of aromatic amines is 1. The van der Waals surface area contributed by atoms with Gasteiger partial charge in [0.25, 0.3) is 5.91 Å². The van der Waals surface area contributed by atoms with Crippen LogP contribution in [0, 0.1) is 6.92 Å². The Morgan fingerprint density at radius 1 is 1.25 bits per heavy atom. The number of H-pyrrole nitrogens is 1. The molecule has 0 fully saturated rings. The summed E-state index contributed by atoms with van der Waals surface area (Å²) >= 11 is 0. The van der Waals surface area contributed by atoms with Crippen molar-refractivity contribution < 1.29 is 4.79 Å². The lowest BCUT2D eigenvalue weighted by atomic mass is 9.99. The fourth-order valence-corrected chi connectivity index (χ4v) is 3.10. The quantitative estimate of drug-likeness (QED) is 0.789. The highest BCUT2D eigenvalue weighted by atomic mass is 16.2. The molecule has 3 aromatic heterocycles. The summed E-state index contributed by atoms with van der Waals surface area (Å²) in [6.07, 6.45) is 8.42. The van der Waals surface area contributed by atoms with Crippen molar-refractivity contribution in [1.82, 2.24) is 19.9 Å². The van der Waals surface area contributed by atoms with Crippen LogP contribution in [0.3, 0.4) is 0 Å². The molecule has 0 saturated heterocycles. The Balaban J connectivity index is 1.55. The van der Waals surface area contributed by atoms with Gasteiger partial charge in [0.05, 0.1) is 5.56 Å². The number of hydrogen-bond acceptors (Lipinski definition) is 3. The predicted octanol–water partition coefficient (Wildman–Crippen LogP) is 3.20. The standard InChI is InChI=1S/C19H18N4O/c1-13-4-5-15(11-21-13)19(24)23-9-6-14(7-10-23)17-12-22-18-16(17)3-2-8-20-18/h2-6,8,11-12H,7,9-10H2,1H3,(H,20,22). The number of hydrogen-bond donors (Lipinski definition) is 1. The van der Waals surface area contributed by atoms with Gasteiger partial charge in [0.2, 0.25) is 0 Å². The van der Waals surface area contributed by atoms with E-state index in [1.165, 1.54) is 11.1 Å². The Bertz CT molecular complexity index is 924. The number of fused-ring (bicyclic) bond motifs is 1. The molecule has 0 spiro atoms. The molecule has 0 unspecified atom stereocenters. The molecule has 0 atom stereocenters. The van der Waals surface area contributed by atoms with Crippen LogP contribution in [-0.4, -0.2) is 38.8 Å². The zero-order chi connectivity index (χ0) is 16.5. The second-order valence-electron chi connectivity index (χ2n) is 6.02. The number of nitrogens with zero attached hydrogens (tertiary/aromatic N) is 3. The minimum atomic E-state index is 0.0402. The van der Waals surface area contributed by atoms with Crippen LogP contribution in [-0.2, 0) is 0 Å². The van der Waals surface area contributed by atoms with E-state index in [0.29, 0.717) is 18.7 Å². The second kappa shape index (κ2) is 5.92. The van der Waals surface area contributed by atoms with Gasteiger partial charge in [-0.05, 0) is 43.2 Å². The van der Waals surface area contributed by atoms with Crippen molar-refractivity contribution in [3.8, 4) is 0 Å². The van der Waals surface area contributed by atoms with Crippen LogP contribution >= 0.6 is 0 Å². The lowest BCUT2D eigenvalue weighted by Gasteiger charge is -2.26. The molecule has 120 valence electrons. The minimum absolute atomic E-state index is 0.0402. The minimum Gasteiger partial charge on any atom is -0.346 e. The third-order valence-electron chi connectivity index (χ3n) is 4.45. The third kappa shape index (κ3) is 2.58. The lowest BCUT2D eigenvalue weighted by Crippen LogP contribution is -2.34. The molecule has 0 radical (unpaired) electrons. The van der Waals surface area contributed by atoms with E-state index in [-0.39, 0.29) is 5.91 Å². The van der Waals surface area contributed by atoms with Crippen LogP contribution < -0.4 is 0 Å². The maximum absolute atomic E-state index is 12.6. The lowest BCUT2D eigenvalue weighted by molar-refractivity contribution is 0.0772. The van der Waals surface area contributed by atoms with E-state index in [0.717, 1.165) is 23.1 Å². The molecule has 0 aromatic carbocycles. The summed E-state index contributed by atoms with van der Waals surface area (Å²) in [5.74, 6) is 0.0402.